The lowest BCUT2D eigenvalue weighted by molar-refractivity contribution is 0.111. The first kappa shape index (κ1) is 12.0. The Morgan fingerprint density at radius 3 is 2.56 bits per heavy atom. The molecule has 1 saturated heterocycles. The molecule has 90 valence electrons. The molecule has 0 bridgehead atoms. The van der Waals surface area contributed by atoms with Crippen molar-refractivity contribution in [1.82, 2.24) is 15.2 Å². The van der Waals surface area contributed by atoms with Crippen LogP contribution in [0, 0.1) is 13.8 Å². The van der Waals surface area contributed by atoms with Crippen LogP contribution in [-0.4, -0.2) is 35.6 Å². The summed E-state index contributed by atoms with van der Waals surface area (Å²) >= 11 is 1.84. The molecule has 3 nitrogen and oxygen atoms in total. The quantitative estimate of drug-likeness (QED) is 0.872. The van der Waals surface area contributed by atoms with Crippen LogP contribution in [0.1, 0.15) is 35.5 Å². The summed E-state index contributed by atoms with van der Waals surface area (Å²) in [7, 11) is 0. The molecule has 1 fully saturated rings. The van der Waals surface area contributed by atoms with E-state index in [0.717, 1.165) is 19.6 Å². The monoisotopic (exact) mass is 239 g/mol. The van der Waals surface area contributed by atoms with Crippen LogP contribution >= 0.6 is 11.3 Å². The first-order valence-electron chi connectivity index (χ1n) is 6.03. The molecule has 0 aromatic carbocycles. The van der Waals surface area contributed by atoms with E-state index in [1.807, 2.05) is 11.3 Å². The van der Waals surface area contributed by atoms with Crippen LogP contribution in [0.5, 0.6) is 0 Å². The van der Waals surface area contributed by atoms with Gasteiger partial charge in [0.05, 0.1) is 10.7 Å². The summed E-state index contributed by atoms with van der Waals surface area (Å²) in [5.74, 6) is 0. The van der Waals surface area contributed by atoms with Gasteiger partial charge < -0.3 is 5.32 Å². The van der Waals surface area contributed by atoms with E-state index in [0.29, 0.717) is 12.1 Å². The van der Waals surface area contributed by atoms with Gasteiger partial charge in [-0.2, -0.15) is 0 Å². The predicted octanol–water partition coefficient (Wildman–Crippen LogP) is 2.11. The molecule has 1 aliphatic heterocycles. The van der Waals surface area contributed by atoms with Crippen LogP contribution in [0.3, 0.4) is 0 Å². The zero-order valence-corrected chi connectivity index (χ0v) is 11.4. The number of hydrogen-bond acceptors (Lipinski definition) is 4. The van der Waals surface area contributed by atoms with Crippen molar-refractivity contribution in [3.05, 3.63) is 15.6 Å². The molecule has 0 amide bonds. The molecule has 16 heavy (non-hydrogen) atoms. The highest BCUT2D eigenvalue weighted by Crippen LogP contribution is 2.30. The topological polar surface area (TPSA) is 28.2 Å². The molecule has 0 spiro atoms. The number of rotatable bonds is 4. The molecule has 1 atom stereocenters. The van der Waals surface area contributed by atoms with Crippen molar-refractivity contribution >= 4 is 11.3 Å². The van der Waals surface area contributed by atoms with E-state index in [1.54, 1.807) is 0 Å². The first-order chi connectivity index (χ1) is 7.63. The van der Waals surface area contributed by atoms with Crippen molar-refractivity contribution in [2.24, 2.45) is 0 Å². The van der Waals surface area contributed by atoms with Crippen molar-refractivity contribution in [1.29, 1.82) is 0 Å². The van der Waals surface area contributed by atoms with Crippen LogP contribution in [-0.2, 0) is 0 Å². The summed E-state index contributed by atoms with van der Waals surface area (Å²) in [5.41, 5.74) is 1.21. The Balaban J connectivity index is 2.15. The van der Waals surface area contributed by atoms with E-state index in [-0.39, 0.29) is 0 Å². The van der Waals surface area contributed by atoms with Crippen LogP contribution < -0.4 is 5.32 Å². The maximum Gasteiger partial charge on any atom is 0.0900 e. The van der Waals surface area contributed by atoms with Gasteiger partial charge in [0.25, 0.3) is 0 Å². The van der Waals surface area contributed by atoms with Gasteiger partial charge in [-0.05, 0) is 27.3 Å². The minimum absolute atomic E-state index is 0.503. The Bertz CT molecular complexity index is 357. The van der Waals surface area contributed by atoms with E-state index in [4.69, 9.17) is 0 Å². The van der Waals surface area contributed by atoms with Gasteiger partial charge in [-0.25, -0.2) is 4.98 Å². The lowest BCUT2D eigenvalue weighted by Gasteiger charge is -2.41. The normalized spacial score (nSPS) is 18.8. The molecule has 1 aliphatic rings. The van der Waals surface area contributed by atoms with Gasteiger partial charge in [-0.1, -0.05) is 6.92 Å². The van der Waals surface area contributed by atoms with Crippen molar-refractivity contribution in [3.8, 4) is 0 Å². The minimum Gasteiger partial charge on any atom is -0.314 e. The molecule has 0 radical (unpaired) electrons. The Hall–Kier alpha value is -0.450. The largest absolute Gasteiger partial charge is 0.314 e. The standard InChI is InChI=1S/C12H21N3S/c1-5-15(11-6-13-7-11)9(3)12-8(2)14-10(4)16-12/h9,11,13H,5-7H2,1-4H3. The maximum absolute atomic E-state index is 4.53. The SMILES string of the molecule is CCN(C1CNC1)C(C)c1sc(C)nc1C. The summed E-state index contributed by atoms with van der Waals surface area (Å²) < 4.78 is 0. The fourth-order valence-electron chi connectivity index (χ4n) is 2.44. The van der Waals surface area contributed by atoms with Gasteiger partial charge in [0.2, 0.25) is 0 Å². The summed E-state index contributed by atoms with van der Waals surface area (Å²) in [6, 6.07) is 1.21. The van der Waals surface area contributed by atoms with Gasteiger partial charge in [-0.15, -0.1) is 11.3 Å². The molecule has 1 unspecified atom stereocenters. The van der Waals surface area contributed by atoms with E-state index in [9.17, 15) is 0 Å². The number of nitrogens with one attached hydrogen (secondary N) is 1. The lowest BCUT2D eigenvalue weighted by atomic mass is 10.1. The third-order valence-electron chi connectivity index (χ3n) is 3.41. The summed E-state index contributed by atoms with van der Waals surface area (Å²) in [5, 5.41) is 4.53. The van der Waals surface area contributed by atoms with Gasteiger partial charge in [0.1, 0.15) is 0 Å². The highest BCUT2D eigenvalue weighted by atomic mass is 32.1. The van der Waals surface area contributed by atoms with Gasteiger partial charge in [-0.3, -0.25) is 4.90 Å². The van der Waals surface area contributed by atoms with E-state index in [2.05, 4.69) is 42.9 Å². The third-order valence-corrected chi connectivity index (χ3v) is 4.65. The molecule has 2 rings (SSSR count). The summed E-state index contributed by atoms with van der Waals surface area (Å²) in [4.78, 5) is 8.54. The smallest absolute Gasteiger partial charge is 0.0900 e. The van der Waals surface area contributed by atoms with Gasteiger partial charge in [0.15, 0.2) is 0 Å². The minimum atomic E-state index is 0.503. The van der Waals surface area contributed by atoms with Crippen molar-refractivity contribution in [3.63, 3.8) is 0 Å². The fraction of sp³-hybridized carbons (Fsp3) is 0.750. The van der Waals surface area contributed by atoms with Gasteiger partial charge >= 0.3 is 0 Å². The zero-order chi connectivity index (χ0) is 11.7. The molecule has 1 N–H and O–H groups in total. The summed E-state index contributed by atoms with van der Waals surface area (Å²) in [6.45, 7) is 12.2. The predicted molar refractivity (Wildman–Crippen MR) is 69.0 cm³/mol. The molecule has 4 heteroatoms. The molecule has 0 saturated carbocycles. The lowest BCUT2D eigenvalue weighted by Crippen LogP contribution is -2.57. The zero-order valence-electron chi connectivity index (χ0n) is 10.6. The molecule has 0 aliphatic carbocycles. The first-order valence-corrected chi connectivity index (χ1v) is 6.85. The molecule has 2 heterocycles. The summed E-state index contributed by atoms with van der Waals surface area (Å²) in [6.07, 6.45) is 0. The number of aromatic nitrogens is 1. The fourth-order valence-corrected chi connectivity index (χ4v) is 3.44. The Morgan fingerprint density at radius 1 is 1.50 bits per heavy atom. The Morgan fingerprint density at radius 2 is 2.19 bits per heavy atom. The van der Waals surface area contributed by atoms with Crippen LogP contribution in [0.25, 0.3) is 0 Å². The second kappa shape index (κ2) is 4.82. The second-order valence-electron chi connectivity index (χ2n) is 4.50. The number of likely N-dealkylation sites (N-methyl/N-ethyl adjacent to an activating group) is 1. The maximum atomic E-state index is 4.53. The molecular formula is C12H21N3S. The Kier molecular flexibility index (Phi) is 3.62. The van der Waals surface area contributed by atoms with Crippen LogP contribution in [0.4, 0.5) is 0 Å². The average molecular weight is 239 g/mol. The average Bonchev–Trinajstić information content (AvgIpc) is 2.50. The number of thiazole rings is 1. The molecule has 1 aromatic heterocycles. The number of nitrogens with zero attached hydrogens (tertiary/aromatic N) is 2. The number of aryl methyl sites for hydroxylation is 2. The van der Waals surface area contributed by atoms with E-state index in [1.165, 1.54) is 15.6 Å². The van der Waals surface area contributed by atoms with Crippen molar-refractivity contribution in [2.45, 2.75) is 39.8 Å². The Labute approximate surface area is 102 Å². The highest BCUT2D eigenvalue weighted by Gasteiger charge is 2.29. The van der Waals surface area contributed by atoms with Crippen molar-refractivity contribution in [2.75, 3.05) is 19.6 Å². The number of hydrogen-bond donors (Lipinski definition) is 1. The van der Waals surface area contributed by atoms with E-state index >= 15 is 0 Å². The third kappa shape index (κ3) is 2.14. The highest BCUT2D eigenvalue weighted by molar-refractivity contribution is 7.11. The van der Waals surface area contributed by atoms with Crippen molar-refractivity contribution < 1.29 is 0 Å². The molecule has 1 aromatic rings. The van der Waals surface area contributed by atoms with Gasteiger partial charge in [0, 0.05) is 30.1 Å². The van der Waals surface area contributed by atoms with E-state index < -0.39 is 0 Å². The molecular weight excluding hydrogens is 218 g/mol. The van der Waals surface area contributed by atoms with Crippen LogP contribution in [0.15, 0.2) is 0 Å². The second-order valence-corrected chi connectivity index (χ2v) is 5.74. The van der Waals surface area contributed by atoms with Crippen LogP contribution in [0.2, 0.25) is 0 Å².